The molecule has 0 bridgehead atoms. The van der Waals surface area contributed by atoms with Crippen molar-refractivity contribution in [2.45, 2.75) is 18.6 Å². The van der Waals surface area contributed by atoms with Crippen molar-refractivity contribution in [2.75, 3.05) is 20.7 Å². The van der Waals surface area contributed by atoms with E-state index in [0.29, 0.717) is 0 Å². The van der Waals surface area contributed by atoms with Gasteiger partial charge in [0.2, 0.25) is 5.91 Å². The molecule has 0 radical (unpaired) electrons. The van der Waals surface area contributed by atoms with Gasteiger partial charge in [0.25, 0.3) is 0 Å². The smallest absolute Gasteiger partial charge is 0.236 e. The Balaban J connectivity index is 2.35. The fourth-order valence-corrected chi connectivity index (χ4v) is 1.26. The highest BCUT2D eigenvalue weighted by molar-refractivity contribution is 5.81. The Morgan fingerprint density at radius 3 is 2.91 bits per heavy atom. The zero-order chi connectivity index (χ0) is 8.27. The van der Waals surface area contributed by atoms with Gasteiger partial charge in [0.1, 0.15) is 0 Å². The molecule has 1 rings (SSSR count). The van der Waals surface area contributed by atoms with Crippen LogP contribution in [0.2, 0.25) is 0 Å². The molecule has 0 aromatic heterocycles. The molecule has 2 unspecified atom stereocenters. The molecule has 1 amide bonds. The Labute approximate surface area is 66.3 Å². The van der Waals surface area contributed by atoms with E-state index in [2.05, 4.69) is 10.6 Å². The lowest BCUT2D eigenvalue weighted by Gasteiger charge is -2.07. The second kappa shape index (κ2) is 3.69. The van der Waals surface area contributed by atoms with E-state index >= 15 is 0 Å². The van der Waals surface area contributed by atoms with Crippen molar-refractivity contribution in [3.63, 3.8) is 0 Å². The molecule has 2 N–H and O–H groups in total. The van der Waals surface area contributed by atoms with Crippen LogP contribution in [-0.2, 0) is 9.53 Å². The van der Waals surface area contributed by atoms with Crippen LogP contribution in [-0.4, -0.2) is 38.8 Å². The van der Waals surface area contributed by atoms with Crippen molar-refractivity contribution < 1.29 is 9.53 Å². The molecule has 1 heterocycles. The highest BCUT2D eigenvalue weighted by Crippen LogP contribution is 2.08. The largest absolute Gasteiger partial charge is 0.380 e. The first-order valence-electron chi connectivity index (χ1n) is 3.75. The molecule has 0 aliphatic carbocycles. The van der Waals surface area contributed by atoms with Crippen LogP contribution >= 0.6 is 0 Å². The van der Waals surface area contributed by atoms with E-state index in [0.717, 1.165) is 13.0 Å². The molecule has 1 aliphatic rings. The first-order chi connectivity index (χ1) is 5.27. The fraction of sp³-hybridized carbons (Fsp3) is 0.857. The van der Waals surface area contributed by atoms with Crippen LogP contribution in [0.15, 0.2) is 0 Å². The molecule has 1 aliphatic heterocycles. The van der Waals surface area contributed by atoms with E-state index in [1.807, 2.05) is 0 Å². The summed E-state index contributed by atoms with van der Waals surface area (Å²) >= 11 is 0. The number of amides is 1. The molecule has 11 heavy (non-hydrogen) atoms. The highest BCUT2D eigenvalue weighted by atomic mass is 16.5. The second-order valence-electron chi connectivity index (χ2n) is 2.67. The Hall–Kier alpha value is -0.610. The third-order valence-electron chi connectivity index (χ3n) is 1.99. The average molecular weight is 158 g/mol. The molecule has 0 spiro atoms. The number of hydrogen-bond acceptors (Lipinski definition) is 3. The van der Waals surface area contributed by atoms with Gasteiger partial charge < -0.3 is 15.4 Å². The minimum Gasteiger partial charge on any atom is -0.380 e. The molecule has 0 aromatic rings. The van der Waals surface area contributed by atoms with Crippen molar-refractivity contribution in [1.82, 2.24) is 10.6 Å². The summed E-state index contributed by atoms with van der Waals surface area (Å²) in [5.74, 6) is 0.0459. The van der Waals surface area contributed by atoms with Crippen LogP contribution in [0.3, 0.4) is 0 Å². The summed E-state index contributed by atoms with van der Waals surface area (Å²) in [5, 5.41) is 5.67. The normalized spacial score (nSPS) is 30.4. The maximum atomic E-state index is 11.0. The van der Waals surface area contributed by atoms with Gasteiger partial charge in [-0.05, 0) is 6.42 Å². The van der Waals surface area contributed by atoms with Crippen LogP contribution in [0.4, 0.5) is 0 Å². The lowest BCUT2D eigenvalue weighted by Crippen LogP contribution is -2.38. The van der Waals surface area contributed by atoms with E-state index in [1.54, 1.807) is 14.2 Å². The summed E-state index contributed by atoms with van der Waals surface area (Å²) in [6.45, 7) is 0.772. The first-order valence-corrected chi connectivity index (χ1v) is 3.75. The van der Waals surface area contributed by atoms with Crippen LogP contribution in [0.25, 0.3) is 0 Å². The Morgan fingerprint density at radius 1 is 1.73 bits per heavy atom. The molecular formula is C7H14N2O2. The minimum atomic E-state index is -0.0649. The molecule has 1 fully saturated rings. The van der Waals surface area contributed by atoms with Crippen LogP contribution < -0.4 is 10.6 Å². The molecule has 0 saturated carbocycles. The number of carbonyl (C=O) groups excluding carboxylic acids is 1. The monoisotopic (exact) mass is 158 g/mol. The zero-order valence-corrected chi connectivity index (χ0v) is 6.89. The predicted molar refractivity (Wildman–Crippen MR) is 41.3 cm³/mol. The minimum absolute atomic E-state index is 0.0459. The summed E-state index contributed by atoms with van der Waals surface area (Å²) in [5.41, 5.74) is 0. The lowest BCUT2D eigenvalue weighted by molar-refractivity contribution is -0.122. The second-order valence-corrected chi connectivity index (χ2v) is 2.67. The quantitative estimate of drug-likeness (QED) is 0.548. The predicted octanol–water partition coefficient (Wildman–Crippen LogP) is -0.891. The summed E-state index contributed by atoms with van der Waals surface area (Å²) < 4.78 is 5.09. The van der Waals surface area contributed by atoms with Crippen molar-refractivity contribution in [3.8, 4) is 0 Å². The standard InChI is InChI=1S/C7H14N2O2/c1-8-7(10)6-3-5(11-2)4-9-6/h5-6,9H,3-4H2,1-2H3,(H,8,10). The Kier molecular flexibility index (Phi) is 2.84. The molecule has 2 atom stereocenters. The van der Waals surface area contributed by atoms with Crippen LogP contribution in [0.1, 0.15) is 6.42 Å². The van der Waals surface area contributed by atoms with Crippen molar-refractivity contribution in [1.29, 1.82) is 0 Å². The summed E-state index contributed by atoms with van der Waals surface area (Å²) in [4.78, 5) is 11.0. The lowest BCUT2D eigenvalue weighted by atomic mass is 10.2. The molecule has 1 saturated heterocycles. The van der Waals surface area contributed by atoms with Gasteiger partial charge in [-0.3, -0.25) is 4.79 Å². The number of methoxy groups -OCH3 is 1. The first kappa shape index (κ1) is 8.49. The van der Waals surface area contributed by atoms with Gasteiger partial charge in [-0.2, -0.15) is 0 Å². The van der Waals surface area contributed by atoms with Crippen LogP contribution in [0, 0.1) is 0 Å². The maximum absolute atomic E-state index is 11.0. The van der Waals surface area contributed by atoms with E-state index < -0.39 is 0 Å². The average Bonchev–Trinajstić information content (AvgIpc) is 2.50. The Bertz CT molecular complexity index is 149. The van der Waals surface area contributed by atoms with E-state index in [1.165, 1.54) is 0 Å². The SMILES string of the molecule is CNC(=O)C1CC(OC)CN1. The topological polar surface area (TPSA) is 50.4 Å². The van der Waals surface area contributed by atoms with Crippen molar-refractivity contribution >= 4 is 5.91 Å². The number of rotatable bonds is 2. The van der Waals surface area contributed by atoms with E-state index in [4.69, 9.17) is 4.74 Å². The maximum Gasteiger partial charge on any atom is 0.236 e. The van der Waals surface area contributed by atoms with Crippen molar-refractivity contribution in [2.24, 2.45) is 0 Å². The third kappa shape index (κ3) is 1.91. The fourth-order valence-electron chi connectivity index (χ4n) is 1.26. The number of ether oxygens (including phenoxy) is 1. The summed E-state index contributed by atoms with van der Waals surface area (Å²) in [6.07, 6.45) is 0.966. The molecule has 4 nitrogen and oxygen atoms in total. The van der Waals surface area contributed by atoms with E-state index in [9.17, 15) is 4.79 Å². The molecule has 0 aromatic carbocycles. The van der Waals surface area contributed by atoms with Gasteiger partial charge in [0.05, 0.1) is 12.1 Å². The zero-order valence-electron chi connectivity index (χ0n) is 6.89. The number of nitrogens with one attached hydrogen (secondary N) is 2. The molecular weight excluding hydrogens is 144 g/mol. The Morgan fingerprint density at radius 2 is 2.45 bits per heavy atom. The molecule has 64 valence electrons. The van der Waals surface area contributed by atoms with Gasteiger partial charge in [-0.1, -0.05) is 0 Å². The van der Waals surface area contributed by atoms with Gasteiger partial charge in [0.15, 0.2) is 0 Å². The van der Waals surface area contributed by atoms with Gasteiger partial charge >= 0.3 is 0 Å². The number of likely N-dealkylation sites (N-methyl/N-ethyl adjacent to an activating group) is 1. The summed E-state index contributed by atoms with van der Waals surface area (Å²) in [6, 6.07) is -0.0649. The summed E-state index contributed by atoms with van der Waals surface area (Å²) in [7, 11) is 3.31. The number of hydrogen-bond donors (Lipinski definition) is 2. The van der Waals surface area contributed by atoms with Crippen LogP contribution in [0.5, 0.6) is 0 Å². The number of carbonyl (C=O) groups is 1. The van der Waals surface area contributed by atoms with Gasteiger partial charge in [0, 0.05) is 20.7 Å². The van der Waals surface area contributed by atoms with Gasteiger partial charge in [-0.25, -0.2) is 0 Å². The van der Waals surface area contributed by atoms with Crippen molar-refractivity contribution in [3.05, 3.63) is 0 Å². The van der Waals surface area contributed by atoms with E-state index in [-0.39, 0.29) is 18.1 Å². The molecule has 4 heteroatoms. The highest BCUT2D eigenvalue weighted by Gasteiger charge is 2.28. The third-order valence-corrected chi connectivity index (χ3v) is 1.99. The van der Waals surface area contributed by atoms with Gasteiger partial charge in [-0.15, -0.1) is 0 Å².